The molecule has 1 saturated heterocycles. The highest BCUT2D eigenvalue weighted by atomic mass is 32.2. The largest absolute Gasteiger partial charge is 0.395 e. The molecule has 0 aromatic heterocycles. The van der Waals surface area contributed by atoms with Crippen LogP contribution in [0.2, 0.25) is 0 Å². The first-order valence-electron chi connectivity index (χ1n) is 13.1. The number of hydrogen-bond acceptors (Lipinski definition) is 7. The third-order valence-electron chi connectivity index (χ3n) is 7.25. The first-order valence-corrected chi connectivity index (χ1v) is 16.1. The van der Waals surface area contributed by atoms with Gasteiger partial charge in [-0.25, -0.2) is 21.6 Å². The Morgan fingerprint density at radius 3 is 2.26 bits per heavy atom. The van der Waals surface area contributed by atoms with E-state index in [4.69, 9.17) is 0 Å². The molecule has 1 aliphatic heterocycles. The molecular formula is C27H38N4O6S2. The van der Waals surface area contributed by atoms with Gasteiger partial charge in [0.15, 0.2) is 0 Å². The average molecular weight is 579 g/mol. The molecule has 0 bridgehead atoms. The molecule has 12 heteroatoms. The van der Waals surface area contributed by atoms with Gasteiger partial charge in [-0.05, 0) is 95.2 Å². The minimum atomic E-state index is -3.81. The van der Waals surface area contributed by atoms with Crippen molar-refractivity contribution in [2.24, 2.45) is 5.41 Å². The van der Waals surface area contributed by atoms with Crippen LogP contribution >= 0.6 is 0 Å². The predicted molar refractivity (Wildman–Crippen MR) is 153 cm³/mol. The molecule has 1 atom stereocenters. The number of rotatable bonds is 9. The number of nitrogens with one attached hydrogen (secondary N) is 3. The van der Waals surface area contributed by atoms with Gasteiger partial charge in [0.05, 0.1) is 28.4 Å². The smallest absolute Gasteiger partial charge is 0.257 e. The molecule has 2 aromatic rings. The lowest BCUT2D eigenvalue weighted by molar-refractivity contribution is 0.102. The fourth-order valence-electron chi connectivity index (χ4n) is 4.71. The van der Waals surface area contributed by atoms with Crippen molar-refractivity contribution in [1.29, 1.82) is 0 Å². The molecular weight excluding hydrogens is 540 g/mol. The van der Waals surface area contributed by atoms with Crippen LogP contribution < -0.4 is 19.7 Å². The van der Waals surface area contributed by atoms with Crippen molar-refractivity contribution in [2.45, 2.75) is 69.1 Å². The molecule has 39 heavy (non-hydrogen) atoms. The van der Waals surface area contributed by atoms with Gasteiger partial charge < -0.3 is 15.3 Å². The van der Waals surface area contributed by atoms with E-state index >= 15 is 0 Å². The first-order chi connectivity index (χ1) is 18.1. The summed E-state index contributed by atoms with van der Waals surface area (Å²) in [7, 11) is -7.61. The number of aliphatic hydroxyl groups excluding tert-OH is 1. The van der Waals surface area contributed by atoms with Gasteiger partial charge in [-0.3, -0.25) is 9.52 Å². The van der Waals surface area contributed by atoms with Gasteiger partial charge in [0, 0.05) is 24.3 Å². The summed E-state index contributed by atoms with van der Waals surface area (Å²) in [6.45, 7) is 7.63. The van der Waals surface area contributed by atoms with E-state index < -0.39 is 43.3 Å². The summed E-state index contributed by atoms with van der Waals surface area (Å²) in [6, 6.07) is 10.8. The molecule has 2 fully saturated rings. The summed E-state index contributed by atoms with van der Waals surface area (Å²) in [5, 5.41) is 11.1. The van der Waals surface area contributed by atoms with Crippen LogP contribution in [0.1, 0.15) is 63.7 Å². The van der Waals surface area contributed by atoms with E-state index in [-0.39, 0.29) is 4.90 Å². The first kappa shape index (κ1) is 29.3. The topological polar surface area (TPSA) is 145 Å². The van der Waals surface area contributed by atoms with Crippen molar-refractivity contribution in [3.8, 4) is 0 Å². The number of amides is 1. The van der Waals surface area contributed by atoms with Crippen molar-refractivity contribution < 1.29 is 26.7 Å². The maximum atomic E-state index is 13.5. The molecule has 0 radical (unpaired) electrons. The molecule has 4 rings (SSSR count). The van der Waals surface area contributed by atoms with Crippen LogP contribution in [-0.4, -0.2) is 58.3 Å². The number of hydrogen-bond donors (Lipinski definition) is 4. The maximum Gasteiger partial charge on any atom is 0.257 e. The fraction of sp³-hybridized carbons (Fsp3) is 0.519. The van der Waals surface area contributed by atoms with E-state index in [2.05, 4.69) is 19.7 Å². The van der Waals surface area contributed by atoms with Crippen molar-refractivity contribution in [2.75, 3.05) is 34.6 Å². The molecule has 10 nitrogen and oxygen atoms in total. The number of sulfonamides is 2. The maximum absolute atomic E-state index is 13.5. The van der Waals surface area contributed by atoms with Crippen molar-refractivity contribution in [1.82, 2.24) is 4.72 Å². The van der Waals surface area contributed by atoms with E-state index in [0.29, 0.717) is 28.0 Å². The van der Waals surface area contributed by atoms with Gasteiger partial charge >= 0.3 is 0 Å². The van der Waals surface area contributed by atoms with Crippen LogP contribution in [0, 0.1) is 5.41 Å². The number of carbonyl (C=O) groups excluding carboxylic acids is 1. The van der Waals surface area contributed by atoms with E-state index in [9.17, 15) is 26.7 Å². The summed E-state index contributed by atoms with van der Waals surface area (Å²) in [4.78, 5) is 15.6. The highest BCUT2D eigenvalue weighted by molar-refractivity contribution is 7.93. The Labute approximate surface area is 231 Å². The quantitative estimate of drug-likeness (QED) is 0.356. The van der Waals surface area contributed by atoms with Crippen LogP contribution in [0.4, 0.5) is 17.1 Å². The Kier molecular flexibility index (Phi) is 8.06. The minimum Gasteiger partial charge on any atom is -0.395 e. The van der Waals surface area contributed by atoms with Gasteiger partial charge in [0.2, 0.25) is 20.0 Å². The second kappa shape index (κ2) is 10.7. The van der Waals surface area contributed by atoms with Crippen molar-refractivity contribution in [3.63, 3.8) is 0 Å². The molecule has 0 unspecified atom stereocenters. The summed E-state index contributed by atoms with van der Waals surface area (Å²) in [5.74, 6) is -0.437. The van der Waals surface area contributed by atoms with Crippen molar-refractivity contribution in [3.05, 3.63) is 48.0 Å². The van der Waals surface area contributed by atoms with Gasteiger partial charge in [0.25, 0.3) is 5.91 Å². The number of carbonyl (C=O) groups is 1. The molecule has 214 valence electrons. The van der Waals surface area contributed by atoms with Crippen LogP contribution in [0.5, 0.6) is 0 Å². The molecule has 1 aliphatic carbocycles. The van der Waals surface area contributed by atoms with Gasteiger partial charge in [-0.2, -0.15) is 0 Å². The lowest BCUT2D eigenvalue weighted by Gasteiger charge is -2.35. The number of aliphatic hydroxyl groups is 1. The third-order valence-corrected chi connectivity index (χ3v) is 10.7. The Hall–Kier alpha value is -2.67. The minimum absolute atomic E-state index is 0.0315. The highest BCUT2D eigenvalue weighted by Gasteiger charge is 2.44. The van der Waals surface area contributed by atoms with E-state index in [0.717, 1.165) is 25.9 Å². The lowest BCUT2D eigenvalue weighted by Crippen LogP contribution is -2.40. The number of anilines is 3. The van der Waals surface area contributed by atoms with E-state index in [1.54, 1.807) is 45.0 Å². The van der Waals surface area contributed by atoms with Gasteiger partial charge in [-0.1, -0.05) is 6.07 Å². The number of nitrogens with zero attached hydrogens (tertiary/aromatic N) is 1. The zero-order valence-corrected chi connectivity index (χ0v) is 24.5. The Morgan fingerprint density at radius 2 is 1.67 bits per heavy atom. The Bertz CT molecular complexity index is 1440. The van der Waals surface area contributed by atoms with Crippen LogP contribution in [-0.2, 0) is 20.0 Å². The average Bonchev–Trinajstić information content (AvgIpc) is 3.61. The SMILES string of the molecule is C[C@@H](CO)S(=O)(=O)Nc1ccc(C(=O)Nc2cccc(S(=O)(=O)NC(C)(C)C)c2)c(N2CCC3(CC2)CC3)c1. The van der Waals surface area contributed by atoms with Crippen LogP contribution in [0.15, 0.2) is 47.4 Å². The summed E-state index contributed by atoms with van der Waals surface area (Å²) in [6.07, 6.45) is 4.45. The highest BCUT2D eigenvalue weighted by Crippen LogP contribution is 2.54. The molecule has 1 heterocycles. The normalized spacial score (nSPS) is 18.0. The molecule has 1 spiro atoms. The Balaban J connectivity index is 1.62. The number of piperidine rings is 1. The Morgan fingerprint density at radius 1 is 1.00 bits per heavy atom. The zero-order chi connectivity index (χ0) is 28.6. The van der Waals surface area contributed by atoms with Crippen LogP contribution in [0.25, 0.3) is 0 Å². The standard InChI is InChI=1S/C27H38N4O6S2/c1-19(18-32)38(34,35)29-21-8-9-23(24(17-21)31-14-12-27(10-11-27)13-15-31)25(33)28-20-6-5-7-22(16-20)39(36,37)30-26(2,3)4/h5-9,16-17,19,29-30,32H,10-15,18H2,1-4H3,(H,28,33)/t19-/m0/s1. The van der Waals surface area contributed by atoms with E-state index in [1.165, 1.54) is 38.0 Å². The van der Waals surface area contributed by atoms with E-state index in [1.807, 2.05) is 0 Å². The molecule has 4 N–H and O–H groups in total. The lowest BCUT2D eigenvalue weighted by atomic mass is 9.93. The van der Waals surface area contributed by atoms with Gasteiger partial charge in [0.1, 0.15) is 5.25 Å². The fourth-order valence-corrected chi connectivity index (χ4v) is 7.03. The predicted octanol–water partition coefficient (Wildman–Crippen LogP) is 3.52. The van der Waals surface area contributed by atoms with Crippen LogP contribution in [0.3, 0.4) is 0 Å². The summed E-state index contributed by atoms with van der Waals surface area (Å²) >= 11 is 0. The molecule has 1 amide bonds. The number of benzene rings is 2. The second-order valence-corrected chi connectivity index (χ2v) is 15.5. The van der Waals surface area contributed by atoms with Gasteiger partial charge in [-0.15, -0.1) is 0 Å². The summed E-state index contributed by atoms with van der Waals surface area (Å²) < 4.78 is 55.8. The summed E-state index contributed by atoms with van der Waals surface area (Å²) in [5.41, 5.74) is 1.30. The third kappa shape index (κ3) is 7.10. The second-order valence-electron chi connectivity index (χ2n) is 11.7. The van der Waals surface area contributed by atoms with Crippen molar-refractivity contribution >= 4 is 43.0 Å². The monoisotopic (exact) mass is 578 g/mol. The molecule has 2 aromatic carbocycles. The molecule has 2 aliphatic rings. The molecule has 1 saturated carbocycles. The zero-order valence-electron chi connectivity index (χ0n) is 22.8.